The van der Waals surface area contributed by atoms with Gasteiger partial charge in [0.15, 0.2) is 5.65 Å². The molecule has 3 heterocycles. The Labute approximate surface area is 136 Å². The molecule has 6 nitrogen and oxygen atoms in total. The number of nitrogens with zero attached hydrogens (tertiary/aromatic N) is 5. The Hall–Kier alpha value is -2.50. The van der Waals surface area contributed by atoms with Crippen molar-refractivity contribution < 1.29 is 0 Å². The zero-order valence-electron chi connectivity index (χ0n) is 14.0. The van der Waals surface area contributed by atoms with Gasteiger partial charge in [0.2, 0.25) is 0 Å². The van der Waals surface area contributed by atoms with Crippen LogP contribution in [0.1, 0.15) is 42.7 Å². The minimum absolute atomic E-state index is 0.373. The molecule has 0 aromatic carbocycles. The number of hydrogen-bond donors (Lipinski definition) is 1. The lowest BCUT2D eigenvalue weighted by molar-refractivity contribution is 0.803. The summed E-state index contributed by atoms with van der Waals surface area (Å²) in [6.07, 6.45) is 2.54. The highest BCUT2D eigenvalue weighted by atomic mass is 15.3. The summed E-state index contributed by atoms with van der Waals surface area (Å²) >= 11 is 0. The van der Waals surface area contributed by atoms with Crippen LogP contribution in [0.5, 0.6) is 0 Å². The van der Waals surface area contributed by atoms with Crippen molar-refractivity contribution in [1.82, 2.24) is 24.6 Å². The molecule has 23 heavy (non-hydrogen) atoms. The Bertz CT molecular complexity index is 801. The number of aromatic nitrogens is 5. The van der Waals surface area contributed by atoms with Gasteiger partial charge < -0.3 is 5.32 Å². The quantitative estimate of drug-likeness (QED) is 0.785. The van der Waals surface area contributed by atoms with Crippen molar-refractivity contribution in [3.63, 3.8) is 0 Å². The van der Waals surface area contributed by atoms with Crippen LogP contribution in [0.2, 0.25) is 0 Å². The second-order valence-corrected chi connectivity index (χ2v) is 6.07. The van der Waals surface area contributed by atoms with Gasteiger partial charge >= 0.3 is 0 Å². The summed E-state index contributed by atoms with van der Waals surface area (Å²) in [5, 5.41) is 7.77. The van der Waals surface area contributed by atoms with E-state index in [2.05, 4.69) is 45.3 Å². The molecule has 3 rings (SSSR count). The summed E-state index contributed by atoms with van der Waals surface area (Å²) in [7, 11) is 0. The molecule has 0 unspecified atom stereocenters. The molecule has 0 aliphatic carbocycles. The average molecular weight is 310 g/mol. The predicted octanol–water partition coefficient (Wildman–Crippen LogP) is 2.91. The Morgan fingerprint density at radius 1 is 1.09 bits per heavy atom. The molecular formula is C17H22N6. The van der Waals surface area contributed by atoms with Crippen molar-refractivity contribution in [2.24, 2.45) is 0 Å². The molecule has 3 aromatic heterocycles. The molecule has 6 heteroatoms. The molecule has 0 radical (unpaired) electrons. The zero-order valence-corrected chi connectivity index (χ0v) is 14.0. The fourth-order valence-corrected chi connectivity index (χ4v) is 2.57. The lowest BCUT2D eigenvalue weighted by Gasteiger charge is -2.12. The summed E-state index contributed by atoms with van der Waals surface area (Å²) in [5.74, 6) is 2.19. The molecule has 1 N–H and O–H groups in total. The Balaban J connectivity index is 1.77. The summed E-state index contributed by atoms with van der Waals surface area (Å²) in [4.78, 5) is 13.6. The molecular weight excluding hydrogens is 288 g/mol. The van der Waals surface area contributed by atoms with E-state index in [4.69, 9.17) is 0 Å². The molecule has 120 valence electrons. The molecule has 0 aliphatic rings. The van der Waals surface area contributed by atoms with Crippen LogP contribution in [0.3, 0.4) is 0 Å². The van der Waals surface area contributed by atoms with Gasteiger partial charge in [-0.2, -0.15) is 9.61 Å². The summed E-state index contributed by atoms with van der Waals surface area (Å²) < 4.78 is 1.83. The van der Waals surface area contributed by atoms with Crippen LogP contribution in [0.15, 0.2) is 24.4 Å². The Morgan fingerprint density at radius 3 is 2.52 bits per heavy atom. The van der Waals surface area contributed by atoms with E-state index in [9.17, 15) is 0 Å². The summed E-state index contributed by atoms with van der Waals surface area (Å²) in [5.41, 5.74) is 3.94. The number of anilines is 1. The van der Waals surface area contributed by atoms with Crippen molar-refractivity contribution in [2.75, 3.05) is 11.9 Å². The van der Waals surface area contributed by atoms with Crippen LogP contribution in [-0.4, -0.2) is 31.1 Å². The maximum absolute atomic E-state index is 4.62. The molecule has 0 fully saturated rings. The van der Waals surface area contributed by atoms with Crippen LogP contribution in [-0.2, 0) is 6.42 Å². The predicted molar refractivity (Wildman–Crippen MR) is 90.8 cm³/mol. The molecule has 0 bridgehead atoms. The maximum Gasteiger partial charge on any atom is 0.157 e. The molecule has 0 atom stereocenters. The molecule has 0 amide bonds. The van der Waals surface area contributed by atoms with Gasteiger partial charge in [0.1, 0.15) is 11.6 Å². The van der Waals surface area contributed by atoms with E-state index in [0.29, 0.717) is 5.92 Å². The highest BCUT2D eigenvalue weighted by Gasteiger charge is 2.09. The van der Waals surface area contributed by atoms with Crippen molar-refractivity contribution in [3.8, 4) is 0 Å². The van der Waals surface area contributed by atoms with E-state index in [0.717, 1.165) is 47.3 Å². The van der Waals surface area contributed by atoms with E-state index in [1.807, 2.05) is 30.5 Å². The normalized spacial score (nSPS) is 11.3. The van der Waals surface area contributed by atoms with Gasteiger partial charge in [0, 0.05) is 42.2 Å². The summed E-state index contributed by atoms with van der Waals surface area (Å²) in [6, 6.07) is 5.97. The van der Waals surface area contributed by atoms with Gasteiger partial charge in [-0.15, -0.1) is 0 Å². The third-order valence-corrected chi connectivity index (χ3v) is 3.65. The first-order valence-corrected chi connectivity index (χ1v) is 7.92. The average Bonchev–Trinajstić information content (AvgIpc) is 2.94. The van der Waals surface area contributed by atoms with Crippen LogP contribution < -0.4 is 5.32 Å². The monoisotopic (exact) mass is 310 g/mol. The second kappa shape index (κ2) is 6.32. The van der Waals surface area contributed by atoms with Crippen LogP contribution in [0, 0.1) is 13.8 Å². The first-order chi connectivity index (χ1) is 11.0. The van der Waals surface area contributed by atoms with E-state index >= 15 is 0 Å². The van der Waals surface area contributed by atoms with Gasteiger partial charge in [-0.25, -0.2) is 15.0 Å². The van der Waals surface area contributed by atoms with E-state index in [1.165, 1.54) is 0 Å². The number of fused-ring (bicyclic) bond motifs is 1. The minimum atomic E-state index is 0.373. The van der Waals surface area contributed by atoms with Gasteiger partial charge in [-0.1, -0.05) is 13.8 Å². The third kappa shape index (κ3) is 3.47. The maximum atomic E-state index is 4.62. The van der Waals surface area contributed by atoms with Crippen molar-refractivity contribution in [3.05, 3.63) is 47.3 Å². The van der Waals surface area contributed by atoms with Crippen LogP contribution in [0.25, 0.3) is 5.65 Å². The lowest BCUT2D eigenvalue weighted by Crippen LogP contribution is -2.12. The lowest BCUT2D eigenvalue weighted by atomic mass is 10.1. The van der Waals surface area contributed by atoms with Crippen molar-refractivity contribution in [2.45, 2.75) is 40.0 Å². The van der Waals surface area contributed by atoms with E-state index < -0.39 is 0 Å². The summed E-state index contributed by atoms with van der Waals surface area (Å²) in [6.45, 7) is 9.03. The first-order valence-electron chi connectivity index (χ1n) is 7.92. The third-order valence-electron chi connectivity index (χ3n) is 3.65. The molecule has 0 saturated carbocycles. The van der Waals surface area contributed by atoms with Gasteiger partial charge in [0.05, 0.1) is 6.20 Å². The largest absolute Gasteiger partial charge is 0.369 e. The van der Waals surface area contributed by atoms with E-state index in [-0.39, 0.29) is 0 Å². The van der Waals surface area contributed by atoms with E-state index in [1.54, 1.807) is 6.20 Å². The second-order valence-electron chi connectivity index (χ2n) is 6.07. The van der Waals surface area contributed by atoms with Crippen molar-refractivity contribution >= 4 is 11.5 Å². The Morgan fingerprint density at radius 2 is 1.83 bits per heavy atom. The smallest absolute Gasteiger partial charge is 0.157 e. The fraction of sp³-hybridized carbons (Fsp3) is 0.412. The van der Waals surface area contributed by atoms with Gasteiger partial charge in [0.25, 0.3) is 0 Å². The molecule has 3 aromatic rings. The number of nitrogens with one attached hydrogen (secondary N) is 1. The van der Waals surface area contributed by atoms with Gasteiger partial charge in [-0.3, -0.25) is 0 Å². The molecule has 0 saturated heterocycles. The number of rotatable bonds is 5. The SMILES string of the molecule is Cc1cc(C)nc(CCNc2cc(C(C)C)nc3ccnn23)n1. The Kier molecular flexibility index (Phi) is 4.23. The molecule has 0 spiro atoms. The van der Waals surface area contributed by atoms with Crippen LogP contribution >= 0.6 is 0 Å². The van der Waals surface area contributed by atoms with Crippen LogP contribution in [0.4, 0.5) is 5.82 Å². The van der Waals surface area contributed by atoms with Gasteiger partial charge in [-0.05, 0) is 25.8 Å². The zero-order chi connectivity index (χ0) is 16.4. The standard InChI is InChI=1S/C17H22N6/c1-11(2)14-10-17(23-16(22-14)6-8-19-23)18-7-5-15-20-12(3)9-13(4)21-15/h6,8-11,18H,5,7H2,1-4H3. The first kappa shape index (κ1) is 15.4. The molecule has 0 aliphatic heterocycles. The highest BCUT2D eigenvalue weighted by molar-refractivity contribution is 5.49. The number of hydrogen-bond acceptors (Lipinski definition) is 5. The fourth-order valence-electron chi connectivity index (χ4n) is 2.57. The highest BCUT2D eigenvalue weighted by Crippen LogP contribution is 2.18. The minimum Gasteiger partial charge on any atom is -0.369 e. The topological polar surface area (TPSA) is 68.0 Å². The number of aryl methyl sites for hydroxylation is 2. The van der Waals surface area contributed by atoms with Crippen molar-refractivity contribution in [1.29, 1.82) is 0 Å².